The summed E-state index contributed by atoms with van der Waals surface area (Å²) in [4.78, 5) is 17.7. The zero-order valence-electron chi connectivity index (χ0n) is 16.4. The van der Waals surface area contributed by atoms with Gasteiger partial charge in [-0.25, -0.2) is 4.39 Å². The lowest BCUT2D eigenvalue weighted by molar-refractivity contribution is -0.965. The summed E-state index contributed by atoms with van der Waals surface area (Å²) in [5, 5.41) is 0. The Morgan fingerprint density at radius 3 is 2.25 bits per heavy atom. The number of halogens is 1. The summed E-state index contributed by atoms with van der Waals surface area (Å²) in [6.07, 6.45) is 2.50. The molecule has 2 N–H and O–H groups in total. The molecule has 1 amide bonds. The van der Waals surface area contributed by atoms with Gasteiger partial charge in [0, 0.05) is 18.4 Å². The van der Waals surface area contributed by atoms with Crippen LogP contribution < -0.4 is 9.80 Å². The van der Waals surface area contributed by atoms with Crippen LogP contribution in [-0.4, -0.2) is 56.1 Å². The van der Waals surface area contributed by atoms with Gasteiger partial charge in [0.05, 0.1) is 50.9 Å². The average Bonchev–Trinajstić information content (AvgIpc) is 2.75. The van der Waals surface area contributed by atoms with Gasteiger partial charge in [0.1, 0.15) is 12.4 Å². The highest BCUT2D eigenvalue weighted by atomic mass is 19.1. The Balaban J connectivity index is 1.25. The Morgan fingerprint density at radius 2 is 1.57 bits per heavy atom. The van der Waals surface area contributed by atoms with E-state index in [4.69, 9.17) is 0 Å². The van der Waals surface area contributed by atoms with Gasteiger partial charge in [0.15, 0.2) is 0 Å². The van der Waals surface area contributed by atoms with Crippen LogP contribution in [0.4, 0.5) is 4.39 Å². The maximum Gasteiger partial charge on any atom is 0.257 e. The number of nitrogens with zero attached hydrogens (tertiary/aromatic N) is 1. The van der Waals surface area contributed by atoms with E-state index in [9.17, 15) is 9.18 Å². The third-order valence-corrected chi connectivity index (χ3v) is 6.36. The molecule has 2 saturated heterocycles. The zero-order chi connectivity index (χ0) is 19.3. The number of piperidine rings is 1. The van der Waals surface area contributed by atoms with Crippen LogP contribution in [0, 0.1) is 5.82 Å². The summed E-state index contributed by atoms with van der Waals surface area (Å²) in [5.41, 5.74) is 1.62. The van der Waals surface area contributed by atoms with Crippen LogP contribution in [0.5, 0.6) is 0 Å². The lowest BCUT2D eigenvalue weighted by Crippen LogP contribution is -3.21. The first-order valence-electron chi connectivity index (χ1n) is 10.5. The molecular formula is C23H30FN3O+2. The van der Waals surface area contributed by atoms with Gasteiger partial charge in [0.25, 0.3) is 5.91 Å². The van der Waals surface area contributed by atoms with Gasteiger partial charge in [-0.1, -0.05) is 42.5 Å². The third-order valence-electron chi connectivity index (χ3n) is 6.36. The minimum atomic E-state index is -0.420. The number of likely N-dealkylation sites (tertiary alicyclic amines) is 1. The molecule has 0 atom stereocenters. The maximum absolute atomic E-state index is 13.9. The number of hydrogen-bond acceptors (Lipinski definition) is 1. The molecule has 4 nitrogen and oxygen atoms in total. The Kier molecular flexibility index (Phi) is 6.03. The summed E-state index contributed by atoms with van der Waals surface area (Å²) in [6.45, 7) is 6.95. The standard InChI is InChI=1S/C23H28FN3O/c24-22-9-5-4-8-21(22)23(28)27-16-14-26(15-17-27)20-10-12-25(13-11-20)18-19-6-2-1-3-7-19/h1-9,20H,10-18H2/p+2. The molecule has 0 bridgehead atoms. The van der Waals surface area contributed by atoms with Crippen molar-refractivity contribution >= 4 is 5.91 Å². The fraction of sp³-hybridized carbons (Fsp3) is 0.435. The van der Waals surface area contributed by atoms with Crippen LogP contribution in [0.3, 0.4) is 0 Å². The maximum atomic E-state index is 13.9. The van der Waals surface area contributed by atoms with Gasteiger partial charge in [-0.15, -0.1) is 0 Å². The number of nitrogens with one attached hydrogen (secondary N) is 2. The minimum Gasteiger partial charge on any atom is -0.331 e. The normalized spacial score (nSPS) is 23.5. The van der Waals surface area contributed by atoms with Crippen LogP contribution in [0.1, 0.15) is 28.8 Å². The van der Waals surface area contributed by atoms with Gasteiger partial charge in [-0.2, -0.15) is 0 Å². The topological polar surface area (TPSA) is 29.2 Å². The lowest BCUT2D eigenvalue weighted by atomic mass is 10.0. The Hall–Kier alpha value is -2.24. The molecular weight excluding hydrogens is 353 g/mol. The van der Waals surface area contributed by atoms with Crippen molar-refractivity contribution in [1.29, 1.82) is 0 Å². The molecule has 2 aromatic carbocycles. The van der Waals surface area contributed by atoms with Gasteiger partial charge < -0.3 is 14.7 Å². The monoisotopic (exact) mass is 383 g/mol. The molecule has 0 spiro atoms. The highest BCUT2D eigenvalue weighted by Gasteiger charge is 2.33. The summed E-state index contributed by atoms with van der Waals surface area (Å²) in [5.74, 6) is -0.588. The first-order chi connectivity index (χ1) is 13.7. The first-order valence-corrected chi connectivity index (χ1v) is 10.5. The molecule has 4 rings (SSSR count). The van der Waals surface area contributed by atoms with Crippen molar-refractivity contribution in [2.45, 2.75) is 25.4 Å². The van der Waals surface area contributed by atoms with Gasteiger partial charge in [-0.3, -0.25) is 4.79 Å². The molecule has 0 radical (unpaired) electrons. The number of carbonyl (C=O) groups excluding carboxylic acids is 1. The SMILES string of the molecule is O=C(c1ccccc1F)N1CC[NH+](C2CC[NH+](Cc3ccccc3)CC2)CC1. The number of amides is 1. The second-order valence-corrected chi connectivity index (χ2v) is 8.12. The van der Waals surface area contributed by atoms with E-state index in [1.807, 2.05) is 4.90 Å². The number of hydrogen-bond donors (Lipinski definition) is 2. The molecule has 2 fully saturated rings. The van der Waals surface area contributed by atoms with Crippen LogP contribution in [-0.2, 0) is 6.54 Å². The Labute approximate surface area is 166 Å². The summed E-state index contributed by atoms with van der Waals surface area (Å²) < 4.78 is 13.9. The van der Waals surface area contributed by atoms with E-state index < -0.39 is 5.82 Å². The van der Waals surface area contributed by atoms with E-state index in [2.05, 4.69) is 30.3 Å². The van der Waals surface area contributed by atoms with Crippen molar-refractivity contribution in [2.75, 3.05) is 39.3 Å². The molecule has 0 aromatic heterocycles. The highest BCUT2D eigenvalue weighted by Crippen LogP contribution is 2.10. The van der Waals surface area contributed by atoms with Gasteiger partial charge in [-0.05, 0) is 12.1 Å². The molecule has 2 heterocycles. The van der Waals surface area contributed by atoms with Gasteiger partial charge >= 0.3 is 0 Å². The minimum absolute atomic E-state index is 0.167. The van der Waals surface area contributed by atoms with Crippen LogP contribution in [0.15, 0.2) is 54.6 Å². The van der Waals surface area contributed by atoms with E-state index in [1.54, 1.807) is 28.0 Å². The van der Waals surface area contributed by atoms with E-state index in [0.717, 1.165) is 32.7 Å². The number of quaternary nitrogens is 2. The summed E-state index contributed by atoms with van der Waals surface area (Å²) in [7, 11) is 0. The fourth-order valence-electron chi connectivity index (χ4n) is 4.71. The third kappa shape index (κ3) is 4.42. The Morgan fingerprint density at radius 1 is 0.929 bits per heavy atom. The molecule has 148 valence electrons. The van der Waals surface area contributed by atoms with Crippen LogP contribution in [0.2, 0.25) is 0 Å². The molecule has 28 heavy (non-hydrogen) atoms. The summed E-state index contributed by atoms with van der Waals surface area (Å²) in [6, 6.07) is 17.7. The molecule has 0 aliphatic carbocycles. The van der Waals surface area contributed by atoms with Crippen LogP contribution in [0.25, 0.3) is 0 Å². The van der Waals surface area contributed by atoms with Crippen molar-refractivity contribution in [2.24, 2.45) is 0 Å². The van der Waals surface area contributed by atoms with Crippen molar-refractivity contribution in [3.8, 4) is 0 Å². The predicted octanol–water partition coefficient (Wildman–Crippen LogP) is 0.414. The Bertz CT molecular complexity index is 781. The number of carbonyl (C=O) groups is 1. The van der Waals surface area contributed by atoms with E-state index in [0.29, 0.717) is 6.04 Å². The van der Waals surface area contributed by atoms with E-state index >= 15 is 0 Å². The van der Waals surface area contributed by atoms with Crippen molar-refractivity contribution < 1.29 is 19.0 Å². The van der Waals surface area contributed by atoms with Crippen molar-refractivity contribution in [1.82, 2.24) is 4.90 Å². The molecule has 5 heteroatoms. The second-order valence-electron chi connectivity index (χ2n) is 8.12. The predicted molar refractivity (Wildman–Crippen MR) is 107 cm³/mol. The first kappa shape index (κ1) is 19.1. The van der Waals surface area contributed by atoms with Crippen molar-refractivity contribution in [3.05, 3.63) is 71.5 Å². The average molecular weight is 384 g/mol. The largest absolute Gasteiger partial charge is 0.331 e. The van der Waals surface area contributed by atoms with E-state index in [1.165, 1.54) is 37.6 Å². The molecule has 0 saturated carbocycles. The van der Waals surface area contributed by atoms with E-state index in [-0.39, 0.29) is 11.5 Å². The fourth-order valence-corrected chi connectivity index (χ4v) is 4.71. The molecule has 2 aliphatic rings. The number of rotatable bonds is 4. The smallest absolute Gasteiger partial charge is 0.257 e. The molecule has 2 aromatic rings. The molecule has 2 aliphatic heterocycles. The summed E-state index contributed by atoms with van der Waals surface area (Å²) >= 11 is 0. The lowest BCUT2D eigenvalue weighted by Gasteiger charge is -2.39. The van der Waals surface area contributed by atoms with Crippen LogP contribution >= 0.6 is 0 Å². The second kappa shape index (κ2) is 8.84. The highest BCUT2D eigenvalue weighted by molar-refractivity contribution is 5.94. The quantitative estimate of drug-likeness (QED) is 0.787. The number of benzene rings is 2. The van der Waals surface area contributed by atoms with Crippen molar-refractivity contribution in [3.63, 3.8) is 0 Å². The zero-order valence-corrected chi connectivity index (χ0v) is 16.4. The number of piperazine rings is 1. The molecule has 0 unspecified atom stereocenters. The van der Waals surface area contributed by atoms with Gasteiger partial charge in [0.2, 0.25) is 0 Å².